The lowest BCUT2D eigenvalue weighted by molar-refractivity contribution is 0.933. The normalized spacial score (nSPS) is 10.6. The van der Waals surface area contributed by atoms with E-state index in [1.54, 1.807) is 0 Å². The van der Waals surface area contributed by atoms with Gasteiger partial charge in [0.2, 0.25) is 0 Å². The van der Waals surface area contributed by atoms with Gasteiger partial charge in [-0.25, -0.2) is 9.97 Å². The van der Waals surface area contributed by atoms with Gasteiger partial charge in [0.05, 0.1) is 0 Å². The van der Waals surface area contributed by atoms with Crippen LogP contribution in [0.5, 0.6) is 0 Å². The maximum Gasteiger partial charge on any atom is 0.141 e. The van der Waals surface area contributed by atoms with E-state index in [2.05, 4.69) is 40.8 Å². The van der Waals surface area contributed by atoms with Crippen molar-refractivity contribution in [1.82, 2.24) is 9.97 Å². The zero-order valence-electron chi connectivity index (χ0n) is 11.7. The van der Waals surface area contributed by atoms with E-state index in [9.17, 15) is 0 Å². The van der Waals surface area contributed by atoms with E-state index >= 15 is 0 Å². The Morgan fingerprint density at radius 2 is 1.79 bits per heavy atom. The summed E-state index contributed by atoms with van der Waals surface area (Å²) in [5, 5.41) is 0.523. The van der Waals surface area contributed by atoms with Crippen molar-refractivity contribution in [3.8, 4) is 0 Å². The largest absolute Gasteiger partial charge is 0.326 e. The van der Waals surface area contributed by atoms with Crippen molar-refractivity contribution in [3.05, 3.63) is 46.4 Å². The number of anilines is 2. The molecule has 0 unspecified atom stereocenters. The van der Waals surface area contributed by atoms with Gasteiger partial charge in [0.1, 0.15) is 16.8 Å². The SMILES string of the molecule is CCN(c1ccccc1C)c1nc(C)nc(Cl)c1C. The number of nitrogens with zero attached hydrogens (tertiary/aromatic N) is 3. The van der Waals surface area contributed by atoms with E-state index in [1.807, 2.05) is 26.0 Å². The summed E-state index contributed by atoms with van der Waals surface area (Å²) in [6.45, 7) is 8.86. The lowest BCUT2D eigenvalue weighted by atomic mass is 10.1. The smallest absolute Gasteiger partial charge is 0.141 e. The molecule has 100 valence electrons. The average molecular weight is 276 g/mol. The van der Waals surface area contributed by atoms with Gasteiger partial charge in [0, 0.05) is 17.8 Å². The van der Waals surface area contributed by atoms with Gasteiger partial charge in [-0.1, -0.05) is 29.8 Å². The van der Waals surface area contributed by atoms with Crippen molar-refractivity contribution in [2.24, 2.45) is 0 Å². The standard InChI is InChI=1S/C15H18ClN3/c1-5-19(13-9-7-6-8-10(13)2)15-11(3)14(16)17-12(4)18-15/h6-9H,5H2,1-4H3. The second kappa shape index (κ2) is 5.57. The van der Waals surface area contributed by atoms with Gasteiger partial charge in [-0.05, 0) is 39.3 Å². The second-order valence-electron chi connectivity index (χ2n) is 4.54. The van der Waals surface area contributed by atoms with E-state index in [4.69, 9.17) is 11.6 Å². The number of rotatable bonds is 3. The fourth-order valence-electron chi connectivity index (χ4n) is 2.14. The zero-order chi connectivity index (χ0) is 14.0. The van der Waals surface area contributed by atoms with E-state index in [0.29, 0.717) is 11.0 Å². The zero-order valence-corrected chi connectivity index (χ0v) is 12.5. The monoisotopic (exact) mass is 275 g/mol. The Hall–Kier alpha value is -1.61. The van der Waals surface area contributed by atoms with E-state index in [0.717, 1.165) is 23.6 Å². The highest BCUT2D eigenvalue weighted by Gasteiger charge is 2.16. The first kappa shape index (κ1) is 13.8. The molecule has 0 saturated heterocycles. The minimum absolute atomic E-state index is 0.523. The first-order valence-corrected chi connectivity index (χ1v) is 6.76. The Labute approximate surface area is 119 Å². The summed E-state index contributed by atoms with van der Waals surface area (Å²) in [5.41, 5.74) is 3.29. The summed E-state index contributed by atoms with van der Waals surface area (Å²) in [6, 6.07) is 8.28. The molecular formula is C15H18ClN3. The molecule has 0 aliphatic carbocycles. The summed E-state index contributed by atoms with van der Waals surface area (Å²) in [4.78, 5) is 10.9. The highest BCUT2D eigenvalue weighted by molar-refractivity contribution is 6.30. The van der Waals surface area contributed by atoms with Gasteiger partial charge in [0.15, 0.2) is 0 Å². The third-order valence-corrected chi connectivity index (χ3v) is 3.52. The van der Waals surface area contributed by atoms with Crippen LogP contribution < -0.4 is 4.90 Å². The van der Waals surface area contributed by atoms with Crippen LogP contribution in [0.3, 0.4) is 0 Å². The van der Waals surface area contributed by atoms with Gasteiger partial charge in [-0.3, -0.25) is 0 Å². The van der Waals surface area contributed by atoms with Crippen molar-refractivity contribution >= 4 is 23.1 Å². The Balaban J connectivity index is 2.58. The minimum atomic E-state index is 0.523. The van der Waals surface area contributed by atoms with Gasteiger partial charge in [-0.2, -0.15) is 0 Å². The molecule has 0 atom stereocenters. The van der Waals surface area contributed by atoms with Crippen LogP contribution in [0.2, 0.25) is 5.15 Å². The number of halogens is 1. The van der Waals surface area contributed by atoms with Crippen molar-refractivity contribution in [2.45, 2.75) is 27.7 Å². The van der Waals surface area contributed by atoms with Crippen LogP contribution in [-0.2, 0) is 0 Å². The first-order chi connectivity index (χ1) is 9.04. The lowest BCUT2D eigenvalue weighted by Crippen LogP contribution is -2.20. The van der Waals surface area contributed by atoms with E-state index in [1.165, 1.54) is 5.56 Å². The molecule has 19 heavy (non-hydrogen) atoms. The molecule has 0 aliphatic heterocycles. The first-order valence-electron chi connectivity index (χ1n) is 6.38. The predicted molar refractivity (Wildman–Crippen MR) is 80.4 cm³/mol. The van der Waals surface area contributed by atoms with E-state index in [-0.39, 0.29) is 0 Å². The van der Waals surface area contributed by atoms with Gasteiger partial charge < -0.3 is 4.90 Å². The number of benzene rings is 1. The van der Waals surface area contributed by atoms with Gasteiger partial charge >= 0.3 is 0 Å². The maximum atomic E-state index is 6.17. The molecule has 4 heteroatoms. The second-order valence-corrected chi connectivity index (χ2v) is 4.90. The molecule has 2 aromatic rings. The Kier molecular flexibility index (Phi) is 4.05. The number of hydrogen-bond acceptors (Lipinski definition) is 3. The Morgan fingerprint density at radius 3 is 2.42 bits per heavy atom. The fraction of sp³-hybridized carbons (Fsp3) is 0.333. The third-order valence-electron chi connectivity index (χ3n) is 3.15. The van der Waals surface area contributed by atoms with Crippen molar-refractivity contribution in [3.63, 3.8) is 0 Å². The Bertz CT molecular complexity index is 596. The molecule has 0 aliphatic rings. The van der Waals surface area contributed by atoms with Crippen molar-refractivity contribution in [2.75, 3.05) is 11.4 Å². The Morgan fingerprint density at radius 1 is 1.11 bits per heavy atom. The quantitative estimate of drug-likeness (QED) is 0.786. The molecule has 1 heterocycles. The number of hydrogen-bond donors (Lipinski definition) is 0. The van der Waals surface area contributed by atoms with Crippen LogP contribution in [0, 0.1) is 20.8 Å². The third kappa shape index (κ3) is 2.71. The van der Waals surface area contributed by atoms with Crippen LogP contribution in [0.4, 0.5) is 11.5 Å². The molecule has 2 rings (SSSR count). The molecule has 0 radical (unpaired) electrons. The van der Waals surface area contributed by atoms with Crippen LogP contribution in [0.1, 0.15) is 23.9 Å². The molecule has 1 aromatic carbocycles. The summed E-state index contributed by atoms with van der Waals surface area (Å²) < 4.78 is 0. The maximum absolute atomic E-state index is 6.17. The molecule has 0 bridgehead atoms. The highest BCUT2D eigenvalue weighted by atomic mass is 35.5. The number of para-hydroxylation sites is 1. The van der Waals surface area contributed by atoms with Crippen LogP contribution in [0.25, 0.3) is 0 Å². The number of aryl methyl sites for hydroxylation is 2. The van der Waals surface area contributed by atoms with Crippen LogP contribution >= 0.6 is 11.6 Å². The average Bonchev–Trinajstić information content (AvgIpc) is 2.38. The van der Waals surface area contributed by atoms with Crippen molar-refractivity contribution in [1.29, 1.82) is 0 Å². The summed E-state index contributed by atoms with van der Waals surface area (Å²) in [7, 11) is 0. The molecule has 0 saturated carbocycles. The topological polar surface area (TPSA) is 29.0 Å². The number of aromatic nitrogens is 2. The molecule has 0 fully saturated rings. The molecule has 0 spiro atoms. The fourth-order valence-corrected chi connectivity index (χ4v) is 2.35. The molecule has 1 aromatic heterocycles. The van der Waals surface area contributed by atoms with Crippen LogP contribution in [0.15, 0.2) is 24.3 Å². The van der Waals surface area contributed by atoms with Gasteiger partial charge in [0.25, 0.3) is 0 Å². The molecule has 3 nitrogen and oxygen atoms in total. The summed E-state index contributed by atoms with van der Waals surface area (Å²) in [5.74, 6) is 1.58. The summed E-state index contributed by atoms with van der Waals surface area (Å²) in [6.07, 6.45) is 0. The lowest BCUT2D eigenvalue weighted by Gasteiger charge is -2.25. The molecular weight excluding hydrogens is 258 g/mol. The van der Waals surface area contributed by atoms with Crippen molar-refractivity contribution < 1.29 is 0 Å². The summed E-state index contributed by atoms with van der Waals surface area (Å²) >= 11 is 6.17. The molecule has 0 N–H and O–H groups in total. The van der Waals surface area contributed by atoms with E-state index < -0.39 is 0 Å². The minimum Gasteiger partial charge on any atom is -0.326 e. The van der Waals surface area contributed by atoms with Gasteiger partial charge in [-0.15, -0.1) is 0 Å². The highest BCUT2D eigenvalue weighted by Crippen LogP contribution is 2.31. The van der Waals surface area contributed by atoms with Crippen LogP contribution in [-0.4, -0.2) is 16.5 Å². The molecule has 0 amide bonds. The predicted octanol–water partition coefficient (Wildman–Crippen LogP) is 4.21.